The van der Waals surface area contributed by atoms with Crippen LogP contribution in [0.4, 0.5) is 10.1 Å². The predicted octanol–water partition coefficient (Wildman–Crippen LogP) is 4.36. The number of fused-ring (bicyclic) bond motifs is 1. The largest absolute Gasteiger partial charge is 0.490 e. The first-order valence-corrected chi connectivity index (χ1v) is 7.59. The number of halogens is 2. The molecule has 2 aromatic carbocycles. The lowest BCUT2D eigenvalue weighted by atomic mass is 10.2. The normalized spacial score (nSPS) is 13.6. The topological polar surface area (TPSA) is 30.5 Å². The number of hydrogen-bond donors (Lipinski definition) is 1. The molecule has 0 fully saturated rings. The van der Waals surface area contributed by atoms with Gasteiger partial charge in [0.15, 0.2) is 11.5 Å². The van der Waals surface area contributed by atoms with Crippen molar-refractivity contribution in [1.82, 2.24) is 0 Å². The molecule has 110 valence electrons. The van der Waals surface area contributed by atoms with Crippen LogP contribution in [-0.2, 0) is 6.54 Å². The van der Waals surface area contributed by atoms with Gasteiger partial charge in [-0.1, -0.05) is 6.07 Å². The molecule has 0 aromatic heterocycles. The Balaban J connectivity index is 1.73. The molecule has 5 heteroatoms. The quantitative estimate of drug-likeness (QED) is 0.890. The van der Waals surface area contributed by atoms with Crippen molar-refractivity contribution in [1.29, 1.82) is 0 Å². The molecule has 0 radical (unpaired) electrons. The van der Waals surface area contributed by atoms with E-state index in [9.17, 15) is 4.39 Å². The van der Waals surface area contributed by atoms with Crippen molar-refractivity contribution in [3.8, 4) is 11.5 Å². The van der Waals surface area contributed by atoms with Crippen LogP contribution in [-0.4, -0.2) is 13.2 Å². The molecular formula is C16H15BrFNO2. The summed E-state index contributed by atoms with van der Waals surface area (Å²) in [4.78, 5) is 0. The van der Waals surface area contributed by atoms with E-state index in [1.54, 1.807) is 6.07 Å². The minimum absolute atomic E-state index is 0.264. The van der Waals surface area contributed by atoms with Crippen LogP contribution in [0.2, 0.25) is 0 Å². The molecule has 0 saturated carbocycles. The molecule has 0 amide bonds. The smallest absolute Gasteiger partial charge is 0.161 e. The molecule has 1 N–H and O–H groups in total. The minimum atomic E-state index is -0.264. The van der Waals surface area contributed by atoms with E-state index in [-0.39, 0.29) is 5.82 Å². The van der Waals surface area contributed by atoms with Gasteiger partial charge in [0.25, 0.3) is 0 Å². The maximum Gasteiger partial charge on any atom is 0.161 e. The molecule has 1 aliphatic heterocycles. The highest BCUT2D eigenvalue weighted by atomic mass is 79.9. The Morgan fingerprint density at radius 2 is 1.86 bits per heavy atom. The van der Waals surface area contributed by atoms with Gasteiger partial charge in [0.2, 0.25) is 0 Å². The number of anilines is 1. The van der Waals surface area contributed by atoms with Crippen molar-refractivity contribution in [3.05, 3.63) is 52.3 Å². The maximum atomic E-state index is 13.2. The molecule has 0 atom stereocenters. The first kappa shape index (κ1) is 14.2. The van der Waals surface area contributed by atoms with Crippen LogP contribution >= 0.6 is 15.9 Å². The van der Waals surface area contributed by atoms with Gasteiger partial charge in [-0.2, -0.15) is 0 Å². The van der Waals surface area contributed by atoms with Crippen LogP contribution in [0.3, 0.4) is 0 Å². The lowest BCUT2D eigenvalue weighted by Gasteiger charge is -2.12. The Kier molecular flexibility index (Phi) is 4.29. The Morgan fingerprint density at radius 3 is 2.71 bits per heavy atom. The molecule has 0 bridgehead atoms. The van der Waals surface area contributed by atoms with Gasteiger partial charge >= 0.3 is 0 Å². The highest BCUT2D eigenvalue weighted by Gasteiger charge is 2.10. The first-order chi connectivity index (χ1) is 10.2. The third-order valence-electron chi connectivity index (χ3n) is 3.22. The summed E-state index contributed by atoms with van der Waals surface area (Å²) in [6.07, 6.45) is 0.887. The molecule has 0 spiro atoms. The lowest BCUT2D eigenvalue weighted by Crippen LogP contribution is -2.01. The van der Waals surface area contributed by atoms with Crippen molar-refractivity contribution >= 4 is 21.6 Å². The molecule has 3 rings (SSSR count). The molecular weight excluding hydrogens is 337 g/mol. The van der Waals surface area contributed by atoms with Crippen molar-refractivity contribution in [2.24, 2.45) is 0 Å². The van der Waals surface area contributed by atoms with E-state index in [1.807, 2.05) is 18.2 Å². The predicted molar refractivity (Wildman–Crippen MR) is 83.5 cm³/mol. The summed E-state index contributed by atoms with van der Waals surface area (Å²) in [7, 11) is 0. The molecule has 1 heterocycles. The summed E-state index contributed by atoms with van der Waals surface area (Å²) >= 11 is 3.40. The van der Waals surface area contributed by atoms with E-state index in [1.165, 1.54) is 12.1 Å². The van der Waals surface area contributed by atoms with Crippen LogP contribution in [0, 0.1) is 5.82 Å². The molecule has 2 aromatic rings. The summed E-state index contributed by atoms with van der Waals surface area (Å²) in [6.45, 7) is 1.93. The third-order valence-corrected chi connectivity index (χ3v) is 3.91. The summed E-state index contributed by atoms with van der Waals surface area (Å²) in [5, 5.41) is 3.21. The fourth-order valence-corrected chi connectivity index (χ4v) is 2.53. The molecule has 1 aliphatic rings. The van der Waals surface area contributed by atoms with Gasteiger partial charge < -0.3 is 14.8 Å². The van der Waals surface area contributed by atoms with Crippen molar-refractivity contribution < 1.29 is 13.9 Å². The SMILES string of the molecule is Fc1ccc(Br)c(NCc2ccc3c(c2)OCCCO3)c1. The van der Waals surface area contributed by atoms with Gasteiger partial charge in [-0.25, -0.2) is 4.39 Å². The van der Waals surface area contributed by atoms with Gasteiger partial charge in [-0.05, 0) is 51.8 Å². The van der Waals surface area contributed by atoms with Crippen molar-refractivity contribution in [2.45, 2.75) is 13.0 Å². The molecule has 21 heavy (non-hydrogen) atoms. The van der Waals surface area contributed by atoms with E-state index in [4.69, 9.17) is 9.47 Å². The zero-order valence-electron chi connectivity index (χ0n) is 11.4. The zero-order chi connectivity index (χ0) is 14.7. The average Bonchev–Trinajstić information content (AvgIpc) is 2.73. The summed E-state index contributed by atoms with van der Waals surface area (Å²) in [5.41, 5.74) is 1.78. The van der Waals surface area contributed by atoms with Crippen molar-refractivity contribution in [2.75, 3.05) is 18.5 Å². The number of hydrogen-bond acceptors (Lipinski definition) is 3. The van der Waals surface area contributed by atoms with Crippen LogP contribution in [0.1, 0.15) is 12.0 Å². The maximum absolute atomic E-state index is 13.2. The molecule has 0 unspecified atom stereocenters. The van der Waals surface area contributed by atoms with Gasteiger partial charge in [-0.3, -0.25) is 0 Å². The lowest BCUT2D eigenvalue weighted by molar-refractivity contribution is 0.297. The second-order valence-corrected chi connectivity index (χ2v) is 5.66. The number of benzene rings is 2. The number of ether oxygens (including phenoxy) is 2. The fraction of sp³-hybridized carbons (Fsp3) is 0.250. The van der Waals surface area contributed by atoms with E-state index < -0.39 is 0 Å². The molecule has 0 saturated heterocycles. The number of rotatable bonds is 3. The Bertz CT molecular complexity index is 648. The Labute approximate surface area is 131 Å². The van der Waals surface area contributed by atoms with Gasteiger partial charge in [-0.15, -0.1) is 0 Å². The van der Waals surface area contributed by atoms with Crippen LogP contribution in [0.5, 0.6) is 11.5 Å². The van der Waals surface area contributed by atoms with Crippen LogP contribution in [0.15, 0.2) is 40.9 Å². The van der Waals surface area contributed by atoms with Gasteiger partial charge in [0.1, 0.15) is 5.82 Å². The van der Waals surface area contributed by atoms with E-state index in [2.05, 4.69) is 21.2 Å². The average molecular weight is 352 g/mol. The summed E-state index contributed by atoms with van der Waals surface area (Å²) in [5.74, 6) is 1.28. The molecule has 3 nitrogen and oxygen atoms in total. The first-order valence-electron chi connectivity index (χ1n) is 6.80. The van der Waals surface area contributed by atoms with E-state index in [0.717, 1.165) is 33.6 Å². The summed E-state index contributed by atoms with van der Waals surface area (Å²) in [6, 6.07) is 10.4. The van der Waals surface area contributed by atoms with Gasteiger partial charge in [0.05, 0.1) is 18.9 Å². The minimum Gasteiger partial charge on any atom is -0.490 e. The highest BCUT2D eigenvalue weighted by Crippen LogP contribution is 2.31. The van der Waals surface area contributed by atoms with E-state index >= 15 is 0 Å². The van der Waals surface area contributed by atoms with Crippen LogP contribution < -0.4 is 14.8 Å². The van der Waals surface area contributed by atoms with E-state index in [0.29, 0.717) is 19.8 Å². The second kappa shape index (κ2) is 6.35. The molecule has 0 aliphatic carbocycles. The van der Waals surface area contributed by atoms with Gasteiger partial charge in [0, 0.05) is 17.4 Å². The van der Waals surface area contributed by atoms with Crippen LogP contribution in [0.25, 0.3) is 0 Å². The zero-order valence-corrected chi connectivity index (χ0v) is 13.0. The highest BCUT2D eigenvalue weighted by molar-refractivity contribution is 9.10. The Morgan fingerprint density at radius 1 is 1.05 bits per heavy atom. The fourth-order valence-electron chi connectivity index (χ4n) is 2.15. The third kappa shape index (κ3) is 3.47. The number of nitrogens with one attached hydrogen (secondary N) is 1. The second-order valence-electron chi connectivity index (χ2n) is 4.81. The van der Waals surface area contributed by atoms with Crippen molar-refractivity contribution in [3.63, 3.8) is 0 Å². The Hall–Kier alpha value is -1.75. The standard InChI is InChI=1S/C16H15BrFNO2/c17-13-4-3-12(18)9-14(13)19-10-11-2-5-15-16(8-11)21-7-1-6-20-15/h2-5,8-9,19H,1,6-7,10H2. The summed E-state index contributed by atoms with van der Waals surface area (Å²) < 4.78 is 25.3. The monoisotopic (exact) mass is 351 g/mol.